The Morgan fingerprint density at radius 1 is 1.09 bits per heavy atom. The number of hydrogen-bond acceptors (Lipinski definition) is 6. The molecular formula is C25H31N7. The van der Waals surface area contributed by atoms with E-state index in [2.05, 4.69) is 64.4 Å². The Balaban J connectivity index is 1.33. The highest BCUT2D eigenvalue weighted by Gasteiger charge is 2.50. The lowest BCUT2D eigenvalue weighted by atomic mass is 9.79. The van der Waals surface area contributed by atoms with E-state index in [1.165, 1.54) is 35.2 Å². The second-order valence-corrected chi connectivity index (χ2v) is 9.86. The van der Waals surface area contributed by atoms with Crippen molar-refractivity contribution in [2.24, 2.45) is 7.05 Å². The van der Waals surface area contributed by atoms with Crippen molar-refractivity contribution in [3.63, 3.8) is 0 Å². The lowest BCUT2D eigenvalue weighted by molar-refractivity contribution is 0.589. The van der Waals surface area contributed by atoms with Crippen LogP contribution in [0.1, 0.15) is 49.4 Å². The van der Waals surface area contributed by atoms with E-state index in [-0.39, 0.29) is 5.41 Å². The molecule has 32 heavy (non-hydrogen) atoms. The fourth-order valence-electron chi connectivity index (χ4n) is 5.57. The minimum absolute atomic E-state index is 0.250. The van der Waals surface area contributed by atoms with Crippen molar-refractivity contribution in [2.75, 3.05) is 36.4 Å². The summed E-state index contributed by atoms with van der Waals surface area (Å²) in [5, 5.41) is 6.74. The van der Waals surface area contributed by atoms with Gasteiger partial charge in [-0.1, -0.05) is 13.8 Å². The Bertz CT molecular complexity index is 1150. The first-order valence-electron chi connectivity index (χ1n) is 11.8. The van der Waals surface area contributed by atoms with Gasteiger partial charge in [0.25, 0.3) is 0 Å². The van der Waals surface area contributed by atoms with Crippen LogP contribution in [0.3, 0.4) is 0 Å². The molecule has 1 spiro atoms. The predicted octanol–water partition coefficient (Wildman–Crippen LogP) is 3.74. The van der Waals surface area contributed by atoms with Gasteiger partial charge in [-0.15, -0.1) is 0 Å². The number of nitrogens with one attached hydrogen (secondary N) is 2. The number of aromatic nitrogens is 4. The van der Waals surface area contributed by atoms with Crippen LogP contribution in [-0.2, 0) is 18.9 Å². The Kier molecular flexibility index (Phi) is 4.50. The third-order valence-electron chi connectivity index (χ3n) is 7.30. The van der Waals surface area contributed by atoms with Gasteiger partial charge in [0.1, 0.15) is 5.82 Å². The normalized spacial score (nSPS) is 18.6. The zero-order chi connectivity index (χ0) is 21.9. The van der Waals surface area contributed by atoms with E-state index >= 15 is 0 Å². The van der Waals surface area contributed by atoms with Crippen LogP contribution in [0.25, 0.3) is 11.3 Å². The molecular weight excluding hydrogens is 398 g/mol. The first kappa shape index (κ1) is 19.7. The maximum Gasteiger partial charge on any atom is 0.228 e. The zero-order valence-corrected chi connectivity index (χ0v) is 19.1. The monoisotopic (exact) mass is 429 g/mol. The summed E-state index contributed by atoms with van der Waals surface area (Å²) in [5.74, 6) is 1.84. The van der Waals surface area contributed by atoms with E-state index in [1.54, 1.807) is 0 Å². The van der Waals surface area contributed by atoms with Gasteiger partial charge in [-0.25, -0.2) is 15.0 Å². The van der Waals surface area contributed by atoms with Crippen LogP contribution >= 0.6 is 0 Å². The van der Waals surface area contributed by atoms with E-state index in [0.717, 1.165) is 49.8 Å². The molecule has 6 rings (SSSR count). The molecule has 0 radical (unpaired) electrons. The molecule has 2 aliphatic carbocycles. The van der Waals surface area contributed by atoms with Crippen molar-refractivity contribution in [3.05, 3.63) is 47.5 Å². The van der Waals surface area contributed by atoms with E-state index in [4.69, 9.17) is 9.97 Å². The number of pyridine rings is 1. The molecule has 7 heteroatoms. The van der Waals surface area contributed by atoms with E-state index in [9.17, 15) is 0 Å². The molecule has 2 N–H and O–H groups in total. The third kappa shape index (κ3) is 3.18. The Morgan fingerprint density at radius 2 is 1.91 bits per heavy atom. The highest BCUT2D eigenvalue weighted by Crippen LogP contribution is 2.57. The second kappa shape index (κ2) is 7.30. The Hall–Kier alpha value is -2.93. The van der Waals surface area contributed by atoms with Gasteiger partial charge in [-0.05, 0) is 42.9 Å². The molecule has 1 saturated heterocycles. The van der Waals surface area contributed by atoms with E-state index in [0.29, 0.717) is 11.9 Å². The molecule has 1 saturated carbocycles. The molecule has 0 atom stereocenters. The molecule has 3 aliphatic rings. The molecule has 166 valence electrons. The SMILES string of the molecule is CC(C)c1c2c(cn1C)CC1(CC1)c1cnc(Nc3ccc(N4CCNCC4)cn3)nc1-2. The molecule has 0 bridgehead atoms. The van der Waals surface area contributed by atoms with Crippen LogP contribution in [0, 0.1) is 0 Å². The highest BCUT2D eigenvalue weighted by atomic mass is 15.2. The number of fused-ring (bicyclic) bond motifs is 4. The molecule has 3 aromatic heterocycles. The molecule has 7 nitrogen and oxygen atoms in total. The van der Waals surface area contributed by atoms with E-state index < -0.39 is 0 Å². The van der Waals surface area contributed by atoms with Gasteiger partial charge in [-0.3, -0.25) is 0 Å². The molecule has 0 amide bonds. The lowest BCUT2D eigenvalue weighted by Crippen LogP contribution is -2.43. The van der Waals surface area contributed by atoms with Crippen LogP contribution in [0.5, 0.6) is 0 Å². The van der Waals surface area contributed by atoms with Gasteiger partial charge >= 0.3 is 0 Å². The van der Waals surface area contributed by atoms with Crippen LogP contribution in [0.15, 0.2) is 30.7 Å². The summed E-state index contributed by atoms with van der Waals surface area (Å²) in [4.78, 5) is 16.8. The van der Waals surface area contributed by atoms with Gasteiger partial charge in [0.05, 0.1) is 17.6 Å². The maximum absolute atomic E-state index is 5.06. The van der Waals surface area contributed by atoms with Gasteiger partial charge in [0, 0.05) is 67.9 Å². The third-order valence-corrected chi connectivity index (χ3v) is 7.30. The van der Waals surface area contributed by atoms with Crippen molar-refractivity contribution in [1.82, 2.24) is 24.8 Å². The van der Waals surface area contributed by atoms with Gasteiger partial charge in [-0.2, -0.15) is 0 Å². The molecule has 3 aromatic rings. The number of piperazine rings is 1. The van der Waals surface area contributed by atoms with Gasteiger partial charge in [0.15, 0.2) is 0 Å². The first-order valence-corrected chi connectivity index (χ1v) is 11.8. The number of nitrogens with zero attached hydrogens (tertiary/aromatic N) is 5. The van der Waals surface area contributed by atoms with Crippen LogP contribution in [0.2, 0.25) is 0 Å². The van der Waals surface area contributed by atoms with Crippen molar-refractivity contribution in [2.45, 2.75) is 44.4 Å². The number of aryl methyl sites for hydroxylation is 1. The summed E-state index contributed by atoms with van der Waals surface area (Å²) >= 11 is 0. The molecule has 1 aliphatic heterocycles. The molecule has 0 unspecified atom stereocenters. The van der Waals surface area contributed by atoms with Crippen molar-refractivity contribution >= 4 is 17.5 Å². The molecule has 2 fully saturated rings. The number of rotatable bonds is 4. The minimum atomic E-state index is 0.250. The van der Waals surface area contributed by atoms with Crippen molar-refractivity contribution < 1.29 is 0 Å². The first-order chi connectivity index (χ1) is 15.5. The van der Waals surface area contributed by atoms with Crippen molar-refractivity contribution in [1.29, 1.82) is 0 Å². The average molecular weight is 430 g/mol. The van der Waals surface area contributed by atoms with Crippen LogP contribution in [-0.4, -0.2) is 45.7 Å². The van der Waals surface area contributed by atoms with Gasteiger partial charge < -0.3 is 20.1 Å². The topological polar surface area (TPSA) is 70.9 Å². The quantitative estimate of drug-likeness (QED) is 0.658. The fourth-order valence-corrected chi connectivity index (χ4v) is 5.57. The zero-order valence-electron chi connectivity index (χ0n) is 19.1. The summed E-state index contributed by atoms with van der Waals surface area (Å²) in [5.41, 5.74) is 7.97. The summed E-state index contributed by atoms with van der Waals surface area (Å²) in [7, 11) is 2.16. The standard InChI is InChI=1S/C25H31N7/c1-16(2)23-21-17(15-31(23)3)12-25(6-7-25)19-14-28-24(30-22(19)21)29-20-5-4-18(13-27-20)32-10-8-26-9-11-32/h4-5,13-16,26H,6-12H2,1-3H3,(H,27,28,29,30). The molecule has 0 aromatic carbocycles. The maximum atomic E-state index is 5.06. The minimum Gasteiger partial charge on any atom is -0.368 e. The van der Waals surface area contributed by atoms with Crippen molar-refractivity contribution in [3.8, 4) is 11.3 Å². The summed E-state index contributed by atoms with van der Waals surface area (Å²) in [6, 6.07) is 4.15. The van der Waals surface area contributed by atoms with E-state index in [1.807, 2.05) is 12.3 Å². The summed E-state index contributed by atoms with van der Waals surface area (Å²) < 4.78 is 2.30. The number of anilines is 3. The smallest absolute Gasteiger partial charge is 0.228 e. The van der Waals surface area contributed by atoms with Gasteiger partial charge in [0.2, 0.25) is 5.95 Å². The average Bonchev–Trinajstić information content (AvgIpc) is 3.48. The largest absolute Gasteiger partial charge is 0.368 e. The summed E-state index contributed by atoms with van der Waals surface area (Å²) in [6.45, 7) is 8.60. The fraction of sp³-hybridized carbons (Fsp3) is 0.480. The molecule has 4 heterocycles. The highest BCUT2D eigenvalue weighted by molar-refractivity contribution is 5.77. The number of hydrogen-bond donors (Lipinski definition) is 2. The lowest BCUT2D eigenvalue weighted by Gasteiger charge is -2.29. The van der Waals surface area contributed by atoms with Crippen LogP contribution < -0.4 is 15.5 Å². The van der Waals surface area contributed by atoms with Crippen LogP contribution in [0.4, 0.5) is 17.5 Å². The summed E-state index contributed by atoms with van der Waals surface area (Å²) in [6.07, 6.45) is 9.90. The second-order valence-electron chi connectivity index (χ2n) is 9.86. The predicted molar refractivity (Wildman–Crippen MR) is 128 cm³/mol. The Morgan fingerprint density at radius 3 is 2.59 bits per heavy atom. The Labute approximate surface area is 189 Å².